The number of aliphatic hydroxyl groups excluding tert-OH is 2. The Hall–Kier alpha value is -1.20. The summed E-state index contributed by atoms with van der Waals surface area (Å²) in [5, 5.41) is 19.2. The van der Waals surface area contributed by atoms with E-state index in [9.17, 15) is 19.8 Å². The van der Waals surface area contributed by atoms with Crippen molar-refractivity contribution in [2.45, 2.75) is 25.5 Å². The first kappa shape index (κ1) is 11.9. The first-order valence-corrected chi connectivity index (χ1v) is 4.69. The van der Waals surface area contributed by atoms with Crippen LogP contribution in [0.2, 0.25) is 0 Å². The molecule has 1 aliphatic rings. The number of carbonyl (C=O) groups excluding carboxylic acids is 2. The summed E-state index contributed by atoms with van der Waals surface area (Å²) in [6.45, 7) is 1.20. The van der Waals surface area contributed by atoms with Gasteiger partial charge >= 0.3 is 0 Å². The third-order valence-electron chi connectivity index (χ3n) is 2.54. The largest absolute Gasteiger partial charge is 0.510 e. The van der Waals surface area contributed by atoms with Crippen molar-refractivity contribution in [2.24, 2.45) is 0 Å². The topological polar surface area (TPSA) is 77.8 Å². The molecule has 1 unspecified atom stereocenters. The lowest BCUT2D eigenvalue weighted by molar-refractivity contribution is -0.128. The Morgan fingerprint density at radius 3 is 2.40 bits per heavy atom. The van der Waals surface area contributed by atoms with Gasteiger partial charge in [-0.15, -0.1) is 0 Å². The van der Waals surface area contributed by atoms with E-state index < -0.39 is 23.7 Å². The van der Waals surface area contributed by atoms with E-state index in [1.807, 2.05) is 0 Å². The van der Waals surface area contributed by atoms with Crippen molar-refractivity contribution < 1.29 is 19.8 Å². The van der Waals surface area contributed by atoms with Gasteiger partial charge in [-0.2, -0.15) is 0 Å². The predicted molar refractivity (Wildman–Crippen MR) is 53.4 cm³/mol. The molecule has 15 heavy (non-hydrogen) atoms. The van der Waals surface area contributed by atoms with Gasteiger partial charge in [0, 0.05) is 6.42 Å². The number of carbonyl (C=O) groups is 2. The van der Waals surface area contributed by atoms with Gasteiger partial charge in [0.2, 0.25) is 0 Å². The molecule has 1 rings (SSSR count). The third-order valence-corrected chi connectivity index (χ3v) is 2.54. The maximum Gasteiger partial charge on any atom is 0.198 e. The Kier molecular flexibility index (Phi) is 3.26. The van der Waals surface area contributed by atoms with E-state index in [1.165, 1.54) is 6.92 Å². The monoisotopic (exact) mass is 213 g/mol. The molecular weight excluding hydrogens is 198 g/mol. The van der Waals surface area contributed by atoms with Crippen LogP contribution in [-0.2, 0) is 9.59 Å². The Bertz CT molecular complexity index is 332. The highest BCUT2D eigenvalue weighted by molar-refractivity contribution is 6.21. The van der Waals surface area contributed by atoms with Crippen molar-refractivity contribution in [3.63, 3.8) is 0 Å². The quantitative estimate of drug-likeness (QED) is 0.613. The maximum absolute atomic E-state index is 11.4. The molecule has 84 valence electrons. The average molecular weight is 213 g/mol. The number of hydrogen-bond donors (Lipinski definition) is 2. The first-order valence-electron chi connectivity index (χ1n) is 4.69. The molecule has 0 radical (unpaired) electrons. The number of likely N-dealkylation sites (N-methyl/N-ethyl adjacent to an activating group) is 1. The zero-order valence-corrected chi connectivity index (χ0v) is 9.02. The van der Waals surface area contributed by atoms with Gasteiger partial charge in [0.25, 0.3) is 0 Å². The lowest BCUT2D eigenvalue weighted by atomic mass is 9.88. The minimum absolute atomic E-state index is 0.119. The molecule has 0 saturated heterocycles. The van der Waals surface area contributed by atoms with Crippen molar-refractivity contribution in [3.8, 4) is 0 Å². The fourth-order valence-corrected chi connectivity index (χ4v) is 1.70. The van der Waals surface area contributed by atoms with E-state index >= 15 is 0 Å². The summed E-state index contributed by atoms with van der Waals surface area (Å²) in [6.07, 6.45) is -1.08. The zero-order chi connectivity index (χ0) is 11.7. The lowest BCUT2D eigenvalue weighted by Gasteiger charge is -2.30. The minimum Gasteiger partial charge on any atom is -0.510 e. The summed E-state index contributed by atoms with van der Waals surface area (Å²) in [5.74, 6) is -1.43. The predicted octanol–water partition coefficient (Wildman–Crippen LogP) is -0.349. The van der Waals surface area contributed by atoms with Gasteiger partial charge in [0.1, 0.15) is 17.4 Å². The van der Waals surface area contributed by atoms with Crippen molar-refractivity contribution in [1.82, 2.24) is 4.90 Å². The molecule has 0 aromatic heterocycles. The molecule has 0 amide bonds. The minimum atomic E-state index is -1.20. The van der Waals surface area contributed by atoms with Crippen LogP contribution in [-0.4, -0.2) is 52.9 Å². The van der Waals surface area contributed by atoms with Crippen LogP contribution < -0.4 is 0 Å². The number of aliphatic hydroxyl groups is 2. The highest BCUT2D eigenvalue weighted by Gasteiger charge is 2.37. The number of hydrogen-bond acceptors (Lipinski definition) is 5. The van der Waals surface area contributed by atoms with Crippen LogP contribution in [0.3, 0.4) is 0 Å². The number of ketones is 2. The van der Waals surface area contributed by atoms with Crippen LogP contribution >= 0.6 is 0 Å². The number of Topliss-reactive ketones (excluding diaryl/α,β-unsaturated/α-hetero) is 2. The molecule has 0 bridgehead atoms. The SMILES string of the molecule is CC(=O)C1=C(O)C(N(C)C)C[C@@H](O)C1=O. The molecule has 5 heteroatoms. The van der Waals surface area contributed by atoms with Crippen LogP contribution in [0.4, 0.5) is 0 Å². The van der Waals surface area contributed by atoms with Crippen LogP contribution in [0.25, 0.3) is 0 Å². The third kappa shape index (κ3) is 2.08. The van der Waals surface area contributed by atoms with E-state index in [-0.39, 0.29) is 17.8 Å². The van der Waals surface area contributed by atoms with Gasteiger partial charge in [-0.1, -0.05) is 0 Å². The van der Waals surface area contributed by atoms with Crippen LogP contribution in [0.1, 0.15) is 13.3 Å². The van der Waals surface area contributed by atoms with E-state index in [0.717, 1.165) is 0 Å². The number of rotatable bonds is 2. The van der Waals surface area contributed by atoms with Gasteiger partial charge in [0.15, 0.2) is 11.6 Å². The van der Waals surface area contributed by atoms with Gasteiger partial charge < -0.3 is 10.2 Å². The summed E-state index contributed by atoms with van der Waals surface area (Å²) < 4.78 is 0. The Labute approximate surface area is 88.0 Å². The summed E-state index contributed by atoms with van der Waals surface area (Å²) in [5.41, 5.74) is -0.271. The average Bonchev–Trinajstić information content (AvgIpc) is 2.10. The molecule has 0 spiro atoms. The molecule has 5 nitrogen and oxygen atoms in total. The molecular formula is C10H15NO4. The zero-order valence-electron chi connectivity index (χ0n) is 9.02. The molecule has 0 fully saturated rings. The second-order valence-corrected chi connectivity index (χ2v) is 3.91. The first-order chi connectivity index (χ1) is 6.86. The second-order valence-electron chi connectivity index (χ2n) is 3.91. The van der Waals surface area contributed by atoms with Crippen molar-refractivity contribution in [3.05, 3.63) is 11.3 Å². The molecule has 0 heterocycles. The molecule has 0 aromatic carbocycles. The summed E-state index contributed by atoms with van der Waals surface area (Å²) in [7, 11) is 3.42. The number of nitrogens with zero attached hydrogens (tertiary/aromatic N) is 1. The molecule has 2 N–H and O–H groups in total. The van der Waals surface area contributed by atoms with E-state index in [2.05, 4.69) is 0 Å². The highest BCUT2D eigenvalue weighted by atomic mass is 16.3. The molecule has 0 saturated carbocycles. The van der Waals surface area contributed by atoms with Gasteiger partial charge in [0.05, 0.1) is 6.04 Å². The highest BCUT2D eigenvalue weighted by Crippen LogP contribution is 2.24. The summed E-state index contributed by atoms with van der Waals surface area (Å²) >= 11 is 0. The maximum atomic E-state index is 11.4. The normalized spacial score (nSPS) is 27.4. The van der Waals surface area contributed by atoms with Crippen LogP contribution in [0.15, 0.2) is 11.3 Å². The molecule has 0 aliphatic heterocycles. The Morgan fingerprint density at radius 2 is 2.00 bits per heavy atom. The fourth-order valence-electron chi connectivity index (χ4n) is 1.70. The van der Waals surface area contributed by atoms with Crippen LogP contribution in [0, 0.1) is 0 Å². The van der Waals surface area contributed by atoms with Crippen molar-refractivity contribution in [1.29, 1.82) is 0 Å². The van der Waals surface area contributed by atoms with Crippen LogP contribution in [0.5, 0.6) is 0 Å². The van der Waals surface area contributed by atoms with Crippen molar-refractivity contribution in [2.75, 3.05) is 14.1 Å². The Morgan fingerprint density at radius 1 is 1.47 bits per heavy atom. The van der Waals surface area contributed by atoms with E-state index in [4.69, 9.17) is 0 Å². The molecule has 1 aliphatic carbocycles. The molecule has 0 aromatic rings. The molecule has 2 atom stereocenters. The fraction of sp³-hybridized carbons (Fsp3) is 0.600. The smallest absolute Gasteiger partial charge is 0.198 e. The standard InChI is InChI=1S/C10H15NO4/c1-5(12)8-9(14)6(11(2)3)4-7(13)10(8)15/h6-7,13-14H,4H2,1-3H3/t6?,7-/m1/s1. The van der Waals surface area contributed by atoms with Gasteiger partial charge in [-0.05, 0) is 21.0 Å². The van der Waals surface area contributed by atoms with E-state index in [0.29, 0.717) is 0 Å². The summed E-state index contributed by atoms with van der Waals surface area (Å²) in [6, 6.07) is -0.475. The van der Waals surface area contributed by atoms with Crippen molar-refractivity contribution >= 4 is 11.6 Å². The Balaban J connectivity index is 3.19. The summed E-state index contributed by atoms with van der Waals surface area (Å²) in [4.78, 5) is 24.3. The van der Waals surface area contributed by atoms with Gasteiger partial charge in [-0.25, -0.2) is 0 Å². The lowest BCUT2D eigenvalue weighted by Crippen LogP contribution is -2.43. The second kappa shape index (κ2) is 4.12. The van der Waals surface area contributed by atoms with Gasteiger partial charge in [-0.3, -0.25) is 14.5 Å². The van der Waals surface area contributed by atoms with E-state index in [1.54, 1.807) is 19.0 Å².